The van der Waals surface area contributed by atoms with Crippen molar-refractivity contribution in [3.05, 3.63) is 47.2 Å². The van der Waals surface area contributed by atoms with E-state index in [2.05, 4.69) is 16.4 Å². The van der Waals surface area contributed by atoms with Gasteiger partial charge in [0.25, 0.3) is 0 Å². The lowest BCUT2D eigenvalue weighted by Crippen LogP contribution is -2.04. The molecule has 0 aliphatic rings. The quantitative estimate of drug-likeness (QED) is 0.919. The van der Waals surface area contributed by atoms with Gasteiger partial charge in [0, 0.05) is 28.9 Å². The molecule has 2 rings (SSSR count). The molecule has 0 saturated heterocycles. The highest BCUT2D eigenvalue weighted by molar-refractivity contribution is 6.33. The van der Waals surface area contributed by atoms with Crippen LogP contribution in [0.2, 0.25) is 5.02 Å². The molecule has 2 aromatic rings. The predicted molar refractivity (Wildman–Crippen MR) is 74.0 cm³/mol. The summed E-state index contributed by atoms with van der Waals surface area (Å²) >= 11 is 6.30. The van der Waals surface area contributed by atoms with E-state index in [1.165, 1.54) is 0 Å². The highest BCUT2D eigenvalue weighted by Gasteiger charge is 2.06. The zero-order valence-corrected chi connectivity index (χ0v) is 11.2. The summed E-state index contributed by atoms with van der Waals surface area (Å²) in [6.07, 6.45) is 3.45. The molecular formula is C14H15ClN2O. The lowest BCUT2D eigenvalue weighted by molar-refractivity contribution is 0.413. The van der Waals surface area contributed by atoms with Crippen molar-refractivity contribution in [2.24, 2.45) is 0 Å². The molecule has 0 amide bonds. The number of ether oxygens (including phenoxy) is 1. The smallest absolute Gasteiger partial charge is 0.137 e. The Kier molecular flexibility index (Phi) is 4.18. The van der Waals surface area contributed by atoms with Crippen LogP contribution in [0.3, 0.4) is 0 Å². The SMILES string of the molecule is CNCc1ccc(-c2cncc(OC)c2)c(Cl)c1. The van der Waals surface area contributed by atoms with Crippen LogP contribution in [0, 0.1) is 0 Å². The average molecular weight is 263 g/mol. The van der Waals surface area contributed by atoms with Gasteiger partial charge in [-0.3, -0.25) is 4.98 Å². The van der Waals surface area contributed by atoms with Crippen LogP contribution in [-0.4, -0.2) is 19.1 Å². The zero-order valence-electron chi connectivity index (χ0n) is 10.4. The van der Waals surface area contributed by atoms with E-state index in [0.29, 0.717) is 0 Å². The second-order valence-electron chi connectivity index (χ2n) is 3.96. The molecule has 0 radical (unpaired) electrons. The van der Waals surface area contributed by atoms with E-state index in [0.717, 1.165) is 34.0 Å². The van der Waals surface area contributed by atoms with E-state index in [1.807, 2.05) is 25.2 Å². The summed E-state index contributed by atoms with van der Waals surface area (Å²) in [6, 6.07) is 7.95. The zero-order chi connectivity index (χ0) is 13.0. The van der Waals surface area contributed by atoms with E-state index >= 15 is 0 Å². The Hall–Kier alpha value is -1.58. The number of methoxy groups -OCH3 is 1. The van der Waals surface area contributed by atoms with Crippen molar-refractivity contribution in [2.75, 3.05) is 14.2 Å². The first-order valence-corrected chi connectivity index (χ1v) is 6.05. The monoisotopic (exact) mass is 262 g/mol. The van der Waals surface area contributed by atoms with Crippen LogP contribution in [-0.2, 0) is 6.54 Å². The highest BCUT2D eigenvalue weighted by atomic mass is 35.5. The first kappa shape index (κ1) is 12.9. The van der Waals surface area contributed by atoms with Crippen molar-refractivity contribution in [3.8, 4) is 16.9 Å². The summed E-state index contributed by atoms with van der Waals surface area (Å²) in [5.74, 6) is 0.725. The van der Waals surface area contributed by atoms with Crippen molar-refractivity contribution >= 4 is 11.6 Å². The molecular weight excluding hydrogens is 248 g/mol. The molecule has 1 aromatic heterocycles. The molecule has 0 unspecified atom stereocenters. The van der Waals surface area contributed by atoms with Crippen molar-refractivity contribution in [2.45, 2.75) is 6.54 Å². The van der Waals surface area contributed by atoms with Gasteiger partial charge in [-0.1, -0.05) is 23.7 Å². The third-order valence-corrected chi connectivity index (χ3v) is 2.99. The Bertz CT molecular complexity index is 543. The summed E-state index contributed by atoms with van der Waals surface area (Å²) in [5, 5.41) is 3.82. The standard InChI is InChI=1S/C14H15ClN2O/c1-16-7-10-3-4-13(14(15)5-10)11-6-12(18-2)9-17-8-11/h3-6,8-9,16H,7H2,1-2H3. The summed E-state index contributed by atoms with van der Waals surface area (Å²) in [7, 11) is 3.53. The van der Waals surface area contributed by atoms with Gasteiger partial charge in [0.2, 0.25) is 0 Å². The maximum Gasteiger partial charge on any atom is 0.137 e. The van der Waals surface area contributed by atoms with Crippen molar-refractivity contribution in [1.82, 2.24) is 10.3 Å². The molecule has 18 heavy (non-hydrogen) atoms. The third-order valence-electron chi connectivity index (χ3n) is 2.67. The number of pyridine rings is 1. The maximum absolute atomic E-state index is 6.30. The fourth-order valence-electron chi connectivity index (χ4n) is 1.78. The Labute approximate surface area is 112 Å². The van der Waals surface area contributed by atoms with Gasteiger partial charge >= 0.3 is 0 Å². The molecule has 0 fully saturated rings. The van der Waals surface area contributed by atoms with E-state index < -0.39 is 0 Å². The molecule has 1 heterocycles. The minimum absolute atomic E-state index is 0.720. The molecule has 3 nitrogen and oxygen atoms in total. The van der Waals surface area contributed by atoms with Crippen LogP contribution in [0.5, 0.6) is 5.75 Å². The number of halogens is 1. The third kappa shape index (κ3) is 2.81. The number of aromatic nitrogens is 1. The first-order valence-electron chi connectivity index (χ1n) is 5.67. The average Bonchev–Trinajstić information content (AvgIpc) is 2.39. The molecule has 0 atom stereocenters. The highest BCUT2D eigenvalue weighted by Crippen LogP contribution is 2.30. The number of hydrogen-bond acceptors (Lipinski definition) is 3. The Balaban J connectivity index is 2.38. The number of nitrogens with one attached hydrogen (secondary N) is 1. The van der Waals surface area contributed by atoms with Crippen LogP contribution >= 0.6 is 11.6 Å². The lowest BCUT2D eigenvalue weighted by atomic mass is 10.1. The van der Waals surface area contributed by atoms with Crippen molar-refractivity contribution < 1.29 is 4.74 Å². The van der Waals surface area contributed by atoms with Gasteiger partial charge in [0.15, 0.2) is 0 Å². The fourth-order valence-corrected chi connectivity index (χ4v) is 2.10. The van der Waals surface area contributed by atoms with Gasteiger partial charge in [-0.15, -0.1) is 0 Å². The molecule has 0 bridgehead atoms. The molecule has 0 aliphatic heterocycles. The van der Waals surface area contributed by atoms with Crippen LogP contribution in [0.4, 0.5) is 0 Å². The maximum atomic E-state index is 6.30. The Morgan fingerprint density at radius 3 is 2.78 bits per heavy atom. The Morgan fingerprint density at radius 1 is 1.28 bits per heavy atom. The van der Waals surface area contributed by atoms with E-state index in [-0.39, 0.29) is 0 Å². The lowest BCUT2D eigenvalue weighted by Gasteiger charge is -2.08. The summed E-state index contributed by atoms with van der Waals surface area (Å²) in [4.78, 5) is 4.14. The molecule has 94 valence electrons. The van der Waals surface area contributed by atoms with E-state index in [9.17, 15) is 0 Å². The van der Waals surface area contributed by atoms with Gasteiger partial charge in [0.1, 0.15) is 5.75 Å². The molecule has 0 saturated carbocycles. The van der Waals surface area contributed by atoms with Crippen LogP contribution in [0.1, 0.15) is 5.56 Å². The van der Waals surface area contributed by atoms with Crippen LogP contribution in [0.25, 0.3) is 11.1 Å². The molecule has 1 N–H and O–H groups in total. The largest absolute Gasteiger partial charge is 0.495 e. The molecule has 1 aromatic carbocycles. The summed E-state index contributed by atoms with van der Waals surface area (Å²) in [6.45, 7) is 0.802. The van der Waals surface area contributed by atoms with Gasteiger partial charge in [-0.05, 0) is 24.7 Å². The molecule has 0 spiro atoms. The Morgan fingerprint density at radius 2 is 2.11 bits per heavy atom. The topological polar surface area (TPSA) is 34.2 Å². The molecule has 0 aliphatic carbocycles. The number of hydrogen-bond donors (Lipinski definition) is 1. The van der Waals surface area contributed by atoms with Crippen LogP contribution in [0.15, 0.2) is 36.7 Å². The summed E-state index contributed by atoms with van der Waals surface area (Å²) < 4.78 is 5.16. The van der Waals surface area contributed by atoms with Crippen LogP contribution < -0.4 is 10.1 Å². The second-order valence-corrected chi connectivity index (χ2v) is 4.37. The predicted octanol–water partition coefficient (Wildman–Crippen LogP) is 3.13. The van der Waals surface area contributed by atoms with Gasteiger partial charge in [0.05, 0.1) is 13.3 Å². The first-order chi connectivity index (χ1) is 8.74. The van der Waals surface area contributed by atoms with E-state index in [4.69, 9.17) is 16.3 Å². The normalized spacial score (nSPS) is 10.4. The molecule has 4 heteroatoms. The van der Waals surface area contributed by atoms with Gasteiger partial charge in [-0.2, -0.15) is 0 Å². The fraction of sp³-hybridized carbons (Fsp3) is 0.214. The van der Waals surface area contributed by atoms with E-state index in [1.54, 1.807) is 19.5 Å². The van der Waals surface area contributed by atoms with Crippen molar-refractivity contribution in [1.29, 1.82) is 0 Å². The summed E-state index contributed by atoms with van der Waals surface area (Å²) in [5.41, 5.74) is 3.07. The second kappa shape index (κ2) is 5.85. The van der Waals surface area contributed by atoms with Gasteiger partial charge < -0.3 is 10.1 Å². The minimum Gasteiger partial charge on any atom is -0.495 e. The van der Waals surface area contributed by atoms with Crippen molar-refractivity contribution in [3.63, 3.8) is 0 Å². The van der Waals surface area contributed by atoms with Gasteiger partial charge in [-0.25, -0.2) is 0 Å². The number of benzene rings is 1. The number of rotatable bonds is 4. The minimum atomic E-state index is 0.720. The number of nitrogens with zero attached hydrogens (tertiary/aromatic N) is 1.